The highest BCUT2D eigenvalue weighted by Crippen LogP contribution is 2.26. The number of carbonyl (C=O) groups excluding carboxylic acids is 1. The third-order valence-corrected chi connectivity index (χ3v) is 5.43. The number of benzene rings is 2. The number of nitrogens with one attached hydrogen (secondary N) is 1. The van der Waals surface area contributed by atoms with Crippen LogP contribution in [0.25, 0.3) is 0 Å². The molecule has 3 rings (SSSR count). The molecule has 1 aliphatic heterocycles. The first-order valence-corrected chi connectivity index (χ1v) is 10.0. The summed E-state index contributed by atoms with van der Waals surface area (Å²) in [6, 6.07) is 16.1. The van der Waals surface area contributed by atoms with Gasteiger partial charge in [0.05, 0.1) is 13.2 Å². The molecule has 1 unspecified atom stereocenters. The van der Waals surface area contributed by atoms with Crippen LogP contribution in [0.3, 0.4) is 0 Å². The predicted octanol–water partition coefficient (Wildman–Crippen LogP) is 3.72. The van der Waals surface area contributed by atoms with E-state index in [1.807, 2.05) is 55.4 Å². The quantitative estimate of drug-likeness (QED) is 0.794. The van der Waals surface area contributed by atoms with Crippen LogP contribution < -0.4 is 15.0 Å². The van der Waals surface area contributed by atoms with Crippen LogP contribution in [0.4, 0.5) is 5.69 Å². The van der Waals surface area contributed by atoms with Crippen LogP contribution in [0, 0.1) is 0 Å². The number of ether oxygens (including phenoxy) is 1. The molecule has 28 heavy (non-hydrogen) atoms. The van der Waals surface area contributed by atoms with E-state index in [1.54, 1.807) is 7.11 Å². The maximum atomic E-state index is 12.7. The second-order valence-corrected chi connectivity index (χ2v) is 7.54. The van der Waals surface area contributed by atoms with Gasteiger partial charge in [-0.1, -0.05) is 18.6 Å². The van der Waals surface area contributed by atoms with Gasteiger partial charge in [-0.3, -0.25) is 9.69 Å². The first-order chi connectivity index (χ1) is 13.6. The lowest BCUT2D eigenvalue weighted by molar-refractivity contribution is 0.0924. The average molecular weight is 382 g/mol. The van der Waals surface area contributed by atoms with E-state index in [1.165, 1.54) is 24.8 Å². The highest BCUT2D eigenvalue weighted by molar-refractivity contribution is 5.94. The fraction of sp³-hybridized carbons (Fsp3) is 0.435. The fourth-order valence-corrected chi connectivity index (χ4v) is 3.72. The number of rotatable bonds is 7. The summed E-state index contributed by atoms with van der Waals surface area (Å²) >= 11 is 0. The number of anilines is 1. The molecule has 1 N–H and O–H groups in total. The molecular weight excluding hydrogens is 350 g/mol. The smallest absolute Gasteiger partial charge is 0.251 e. The lowest BCUT2D eigenvalue weighted by atomic mass is 10.0. The molecule has 0 bridgehead atoms. The zero-order valence-corrected chi connectivity index (χ0v) is 17.1. The van der Waals surface area contributed by atoms with Crippen molar-refractivity contribution in [2.45, 2.75) is 25.3 Å². The van der Waals surface area contributed by atoms with E-state index in [9.17, 15) is 4.79 Å². The molecule has 0 saturated carbocycles. The van der Waals surface area contributed by atoms with Gasteiger partial charge in [0.15, 0.2) is 0 Å². The Morgan fingerprint density at radius 1 is 1.04 bits per heavy atom. The molecule has 1 fully saturated rings. The third kappa shape index (κ3) is 5.04. The van der Waals surface area contributed by atoms with Crippen LogP contribution in [0.1, 0.15) is 41.2 Å². The molecule has 150 valence electrons. The summed E-state index contributed by atoms with van der Waals surface area (Å²) in [5, 5.41) is 3.15. The zero-order chi connectivity index (χ0) is 19.9. The number of amides is 1. The summed E-state index contributed by atoms with van der Waals surface area (Å²) in [5.74, 6) is 0.826. The van der Waals surface area contributed by atoms with Crippen molar-refractivity contribution in [2.75, 3.05) is 45.7 Å². The normalized spacial score (nSPS) is 15.7. The Hall–Kier alpha value is -2.53. The number of methoxy groups -OCH3 is 1. The largest absolute Gasteiger partial charge is 0.497 e. The molecule has 2 aromatic rings. The summed E-state index contributed by atoms with van der Waals surface area (Å²) in [6.45, 7) is 2.74. The molecule has 1 aliphatic rings. The predicted molar refractivity (Wildman–Crippen MR) is 114 cm³/mol. The van der Waals surface area contributed by atoms with Crippen molar-refractivity contribution in [3.8, 4) is 5.75 Å². The monoisotopic (exact) mass is 381 g/mol. The Kier molecular flexibility index (Phi) is 6.93. The Labute approximate surface area is 168 Å². The zero-order valence-electron chi connectivity index (χ0n) is 17.1. The summed E-state index contributed by atoms with van der Waals surface area (Å²) in [4.78, 5) is 17.2. The lowest BCUT2D eigenvalue weighted by Crippen LogP contribution is -2.40. The van der Waals surface area contributed by atoms with E-state index in [4.69, 9.17) is 4.74 Å². The van der Waals surface area contributed by atoms with Gasteiger partial charge in [-0.25, -0.2) is 0 Å². The molecule has 0 aliphatic carbocycles. The van der Waals surface area contributed by atoms with Crippen LogP contribution >= 0.6 is 0 Å². The first-order valence-electron chi connectivity index (χ1n) is 10.0. The number of likely N-dealkylation sites (tertiary alicyclic amines) is 1. The Bertz CT molecular complexity index is 750. The molecule has 0 spiro atoms. The molecule has 0 aromatic heterocycles. The molecule has 5 nitrogen and oxygen atoms in total. The van der Waals surface area contributed by atoms with Crippen LogP contribution in [0.5, 0.6) is 5.75 Å². The highest BCUT2D eigenvalue weighted by Gasteiger charge is 2.23. The van der Waals surface area contributed by atoms with Gasteiger partial charge in [-0.2, -0.15) is 0 Å². The Morgan fingerprint density at radius 2 is 1.68 bits per heavy atom. The minimum atomic E-state index is -0.0270. The van der Waals surface area contributed by atoms with Gasteiger partial charge in [0, 0.05) is 31.9 Å². The maximum Gasteiger partial charge on any atom is 0.251 e. The van der Waals surface area contributed by atoms with Crippen molar-refractivity contribution in [1.82, 2.24) is 10.2 Å². The van der Waals surface area contributed by atoms with E-state index in [0.717, 1.165) is 24.5 Å². The van der Waals surface area contributed by atoms with Crippen molar-refractivity contribution in [3.05, 3.63) is 59.7 Å². The molecule has 0 radical (unpaired) electrons. The molecule has 1 amide bonds. The van der Waals surface area contributed by atoms with E-state index < -0.39 is 0 Å². The highest BCUT2D eigenvalue weighted by atomic mass is 16.5. The lowest BCUT2D eigenvalue weighted by Gasteiger charge is -2.35. The van der Waals surface area contributed by atoms with E-state index in [-0.39, 0.29) is 11.9 Å². The van der Waals surface area contributed by atoms with Crippen LogP contribution in [0.2, 0.25) is 0 Å². The SMILES string of the molecule is COc1ccc(C(CNC(=O)c2ccc(N(C)C)cc2)N2CCCCC2)cc1. The first kappa shape index (κ1) is 20.2. The standard InChI is InChI=1S/C23H31N3O2/c1-25(2)20-11-7-19(8-12-20)23(27)24-17-22(26-15-5-4-6-16-26)18-9-13-21(28-3)14-10-18/h7-14,22H,4-6,15-17H2,1-3H3,(H,24,27). The molecule has 2 aromatic carbocycles. The summed E-state index contributed by atoms with van der Waals surface area (Å²) < 4.78 is 5.29. The van der Waals surface area contributed by atoms with Gasteiger partial charge in [-0.05, 0) is 67.9 Å². The van der Waals surface area contributed by atoms with Crippen molar-refractivity contribution in [3.63, 3.8) is 0 Å². The number of hydrogen-bond donors (Lipinski definition) is 1. The molecule has 5 heteroatoms. The van der Waals surface area contributed by atoms with Gasteiger partial charge in [0.1, 0.15) is 5.75 Å². The maximum absolute atomic E-state index is 12.7. The van der Waals surface area contributed by atoms with Gasteiger partial charge in [0.2, 0.25) is 0 Å². The number of hydrogen-bond acceptors (Lipinski definition) is 4. The van der Waals surface area contributed by atoms with Gasteiger partial charge in [0.25, 0.3) is 5.91 Å². The molecule has 1 atom stereocenters. The van der Waals surface area contributed by atoms with E-state index >= 15 is 0 Å². The van der Waals surface area contributed by atoms with E-state index in [2.05, 4.69) is 22.3 Å². The molecular formula is C23H31N3O2. The average Bonchev–Trinajstić information content (AvgIpc) is 2.75. The number of carbonyl (C=O) groups is 1. The third-order valence-electron chi connectivity index (χ3n) is 5.43. The van der Waals surface area contributed by atoms with Gasteiger partial charge >= 0.3 is 0 Å². The second kappa shape index (κ2) is 9.60. The molecule has 1 heterocycles. The van der Waals surface area contributed by atoms with Crippen LogP contribution in [-0.4, -0.2) is 51.6 Å². The minimum absolute atomic E-state index is 0.0270. The summed E-state index contributed by atoms with van der Waals surface area (Å²) in [7, 11) is 5.67. The second-order valence-electron chi connectivity index (χ2n) is 7.54. The van der Waals surface area contributed by atoms with Crippen molar-refractivity contribution in [2.24, 2.45) is 0 Å². The van der Waals surface area contributed by atoms with Gasteiger partial charge in [-0.15, -0.1) is 0 Å². The van der Waals surface area contributed by atoms with Crippen LogP contribution in [0.15, 0.2) is 48.5 Å². The topological polar surface area (TPSA) is 44.8 Å². The van der Waals surface area contributed by atoms with Crippen molar-refractivity contribution < 1.29 is 9.53 Å². The van der Waals surface area contributed by atoms with E-state index in [0.29, 0.717) is 12.1 Å². The number of piperidine rings is 1. The minimum Gasteiger partial charge on any atom is -0.497 e. The fourth-order valence-electron chi connectivity index (χ4n) is 3.72. The van der Waals surface area contributed by atoms with Crippen molar-refractivity contribution in [1.29, 1.82) is 0 Å². The summed E-state index contributed by atoms with van der Waals surface area (Å²) in [6.07, 6.45) is 3.72. The molecule has 1 saturated heterocycles. The van der Waals surface area contributed by atoms with Gasteiger partial charge < -0.3 is 15.0 Å². The Morgan fingerprint density at radius 3 is 2.25 bits per heavy atom. The Balaban J connectivity index is 1.70. The number of nitrogens with zero attached hydrogens (tertiary/aromatic N) is 2. The summed E-state index contributed by atoms with van der Waals surface area (Å²) in [5.41, 5.74) is 2.99. The van der Waals surface area contributed by atoms with Crippen molar-refractivity contribution >= 4 is 11.6 Å². The van der Waals surface area contributed by atoms with Crippen LogP contribution in [-0.2, 0) is 0 Å².